The molecule has 0 saturated carbocycles. The third kappa shape index (κ3) is 2.37. The van der Waals surface area contributed by atoms with Crippen molar-refractivity contribution >= 4 is 0 Å². The molecule has 0 aliphatic heterocycles. The van der Waals surface area contributed by atoms with Crippen LogP contribution in [0.25, 0.3) is 0 Å². The summed E-state index contributed by atoms with van der Waals surface area (Å²) >= 11 is 0. The molecule has 0 bridgehead atoms. The lowest BCUT2D eigenvalue weighted by molar-refractivity contribution is -0.108. The minimum atomic E-state index is -4.35. The predicted octanol–water partition coefficient (Wildman–Crippen LogP) is 3.33. The molecule has 0 nitrogen and oxygen atoms in total. The average molecular weight is 191 g/mol. The van der Waals surface area contributed by atoms with Crippen molar-refractivity contribution < 1.29 is 17.6 Å². The summed E-state index contributed by atoms with van der Waals surface area (Å²) in [5.74, 6) is -1.26. The van der Waals surface area contributed by atoms with Gasteiger partial charge in [0, 0.05) is 31.2 Å². The zero-order valence-corrected chi connectivity index (χ0v) is 6.82. The smallest absolute Gasteiger partial charge is 0.204 e. The van der Waals surface area contributed by atoms with E-state index in [1.165, 1.54) is 0 Å². The van der Waals surface area contributed by atoms with Gasteiger partial charge in [0.15, 0.2) is 0 Å². The number of hydrogen-bond donors (Lipinski definition) is 0. The first kappa shape index (κ1) is 9.89. The van der Waals surface area contributed by atoms with Gasteiger partial charge < -0.3 is 0 Å². The van der Waals surface area contributed by atoms with Crippen LogP contribution in [0.15, 0.2) is 24.3 Å². The van der Waals surface area contributed by atoms with Gasteiger partial charge in [-0.25, -0.2) is 4.39 Å². The molecule has 0 aromatic heterocycles. The molecule has 0 radical (unpaired) electrons. The molecule has 0 fully saturated rings. The lowest BCUT2D eigenvalue weighted by atomic mass is 10.0. The molecule has 0 N–H and O–H groups in total. The monoisotopic (exact) mass is 191 g/mol. The van der Waals surface area contributed by atoms with E-state index >= 15 is 0 Å². The Morgan fingerprint density at radius 3 is 1.92 bits per heavy atom. The van der Waals surface area contributed by atoms with E-state index in [4.69, 9.17) is 0 Å². The van der Waals surface area contributed by atoms with E-state index < -0.39 is 17.9 Å². The number of hydrogen-bond acceptors (Lipinski definition) is 0. The summed E-state index contributed by atoms with van der Waals surface area (Å²) in [4.78, 5) is 0. The van der Waals surface area contributed by atoms with Crippen molar-refractivity contribution in [3.8, 4) is 0 Å². The zero-order valence-electron chi connectivity index (χ0n) is 6.82. The van der Waals surface area contributed by atoms with Gasteiger partial charge in [0.05, 0.1) is 0 Å². The number of alkyl halides is 3. The third-order valence-corrected chi connectivity index (χ3v) is 1.70. The minimum Gasteiger partial charge on any atom is -0.204 e. The lowest BCUT2D eigenvalue weighted by Crippen LogP contribution is -2.18. The molecule has 0 amide bonds. The van der Waals surface area contributed by atoms with Crippen LogP contribution in [0.4, 0.5) is 17.6 Å². The summed E-state index contributed by atoms with van der Waals surface area (Å²) < 4.78 is 48.7. The molecule has 0 spiro atoms. The molecule has 1 aromatic rings. The van der Waals surface area contributed by atoms with Crippen molar-refractivity contribution in [3.05, 3.63) is 41.6 Å². The molecule has 0 aliphatic rings. The average Bonchev–Trinajstić information content (AvgIpc) is 2.03. The molecule has 0 aliphatic carbocycles. The van der Waals surface area contributed by atoms with Crippen molar-refractivity contribution in [2.45, 2.75) is 13.1 Å². The maximum Gasteiger partial charge on any atom is 0.462 e. The van der Waals surface area contributed by atoms with Crippen molar-refractivity contribution in [1.82, 2.24) is 0 Å². The van der Waals surface area contributed by atoms with E-state index in [1.54, 1.807) is 0 Å². The Morgan fingerprint density at radius 1 is 1.08 bits per heavy atom. The molecular weight excluding hydrogens is 184 g/mol. The largest absolute Gasteiger partial charge is 0.462 e. The lowest BCUT2D eigenvalue weighted by Gasteiger charge is -2.08. The van der Waals surface area contributed by atoms with Crippen molar-refractivity contribution in [2.75, 3.05) is 0 Å². The van der Waals surface area contributed by atoms with E-state index in [0.717, 1.165) is 31.2 Å². The van der Waals surface area contributed by atoms with Crippen molar-refractivity contribution in [3.63, 3.8) is 0 Å². The fourth-order valence-electron chi connectivity index (χ4n) is 0.864. The maximum absolute atomic E-state index is 12.4. The van der Waals surface area contributed by atoms with Crippen LogP contribution in [-0.2, 0) is 0 Å². The highest BCUT2D eigenvalue weighted by Gasteiger charge is 2.43. The summed E-state index contributed by atoms with van der Waals surface area (Å²) in [6.07, 6.45) is -4.35. The van der Waals surface area contributed by atoms with Gasteiger partial charge in [-0.2, -0.15) is 13.2 Å². The summed E-state index contributed by atoms with van der Waals surface area (Å²) in [6.45, 7) is 0.966. The number of benzene rings is 1. The highest BCUT2D eigenvalue weighted by Crippen LogP contribution is 2.32. The summed E-state index contributed by atoms with van der Waals surface area (Å²) in [7, 11) is 0. The summed E-state index contributed by atoms with van der Waals surface area (Å²) in [6, 6.07) is 4.23. The second-order valence-corrected chi connectivity index (χ2v) is 2.63. The van der Waals surface area contributed by atoms with Crippen LogP contribution in [-0.4, -0.2) is 6.18 Å². The number of rotatable bonds is 1. The standard InChI is InChI=1S/C9H7F4/c1-6(9(11,12)13)7-2-4-8(10)5-3-7/h2-5H,1H3/q+1. The minimum absolute atomic E-state index is 0.00565. The Morgan fingerprint density at radius 2 is 1.54 bits per heavy atom. The van der Waals surface area contributed by atoms with Crippen molar-refractivity contribution in [1.29, 1.82) is 0 Å². The zero-order chi connectivity index (χ0) is 10.1. The summed E-state index contributed by atoms with van der Waals surface area (Å²) in [5, 5.41) is 0. The van der Waals surface area contributed by atoms with E-state index in [9.17, 15) is 17.6 Å². The number of halogens is 4. The van der Waals surface area contributed by atoms with Crippen molar-refractivity contribution in [2.24, 2.45) is 0 Å². The van der Waals surface area contributed by atoms with E-state index in [-0.39, 0.29) is 5.56 Å². The molecule has 0 unspecified atom stereocenters. The first-order chi connectivity index (χ1) is 5.91. The van der Waals surface area contributed by atoms with Crippen LogP contribution < -0.4 is 0 Å². The fourth-order valence-corrected chi connectivity index (χ4v) is 0.864. The van der Waals surface area contributed by atoms with Gasteiger partial charge in [-0.1, -0.05) is 0 Å². The molecule has 70 valence electrons. The van der Waals surface area contributed by atoms with Gasteiger partial charge in [-0.3, -0.25) is 0 Å². The second-order valence-electron chi connectivity index (χ2n) is 2.63. The maximum atomic E-state index is 12.4. The highest BCUT2D eigenvalue weighted by atomic mass is 19.4. The van der Waals surface area contributed by atoms with Crippen LogP contribution in [0, 0.1) is 11.7 Å². The third-order valence-electron chi connectivity index (χ3n) is 1.70. The highest BCUT2D eigenvalue weighted by molar-refractivity contribution is 5.31. The van der Waals surface area contributed by atoms with E-state index in [2.05, 4.69) is 0 Å². The molecule has 13 heavy (non-hydrogen) atoms. The predicted molar refractivity (Wildman–Crippen MR) is 40.5 cm³/mol. The fraction of sp³-hybridized carbons (Fsp3) is 0.222. The van der Waals surface area contributed by atoms with E-state index in [0.29, 0.717) is 0 Å². The Bertz CT molecular complexity index is 273. The van der Waals surface area contributed by atoms with Crippen LogP contribution in [0.2, 0.25) is 0 Å². The second kappa shape index (κ2) is 3.28. The molecule has 0 heterocycles. The van der Waals surface area contributed by atoms with E-state index in [1.807, 2.05) is 0 Å². The van der Waals surface area contributed by atoms with Gasteiger partial charge in [0.25, 0.3) is 0 Å². The van der Waals surface area contributed by atoms with Gasteiger partial charge in [0.2, 0.25) is 0 Å². The molecule has 1 aromatic carbocycles. The quantitative estimate of drug-likeness (QED) is 0.471. The topological polar surface area (TPSA) is 0 Å². The Labute approximate surface area is 73.2 Å². The van der Waals surface area contributed by atoms with Crippen LogP contribution in [0.3, 0.4) is 0 Å². The first-order valence-electron chi connectivity index (χ1n) is 3.58. The molecular formula is C9H7F4+. The van der Waals surface area contributed by atoms with Gasteiger partial charge >= 0.3 is 6.18 Å². The molecule has 4 heteroatoms. The normalized spacial score (nSPS) is 11.5. The Kier molecular flexibility index (Phi) is 2.50. The Balaban J connectivity index is 2.90. The van der Waals surface area contributed by atoms with Crippen LogP contribution >= 0.6 is 0 Å². The van der Waals surface area contributed by atoms with Gasteiger partial charge in [0.1, 0.15) is 17.3 Å². The summed E-state index contributed by atoms with van der Waals surface area (Å²) in [5.41, 5.74) is -0.00565. The molecule has 0 atom stereocenters. The van der Waals surface area contributed by atoms with Gasteiger partial charge in [-0.15, -0.1) is 0 Å². The first-order valence-corrected chi connectivity index (χ1v) is 3.58. The molecule has 0 saturated heterocycles. The SMILES string of the molecule is C[C+](c1ccc(F)cc1)C(F)(F)F. The van der Waals surface area contributed by atoms with Crippen LogP contribution in [0.1, 0.15) is 12.5 Å². The van der Waals surface area contributed by atoms with Gasteiger partial charge in [-0.05, 0) is 0 Å². The Hall–Kier alpha value is -1.19. The molecule has 1 rings (SSSR count). The van der Waals surface area contributed by atoms with Crippen LogP contribution in [0.5, 0.6) is 0 Å².